The maximum atomic E-state index is 14.1. The average molecular weight is 410 g/mol. The van der Waals surface area contributed by atoms with E-state index in [9.17, 15) is 9.18 Å². The van der Waals surface area contributed by atoms with Crippen LogP contribution in [-0.4, -0.2) is 21.8 Å². The SMILES string of the molecule is CC(=O)N(c1ccc(C)cc1)c1nc(CN(Cc2ccccc2F)C2CC2)cs1. The monoisotopic (exact) mass is 409 g/mol. The largest absolute Gasteiger partial charge is 0.290 e. The standard InChI is InChI=1S/C23H24FN3OS/c1-16-7-9-21(10-8-16)27(17(2)28)23-25-19(15-29-23)14-26(20-11-12-20)13-18-5-3-4-6-22(18)24/h3-10,15,20H,11-14H2,1-2H3. The van der Waals surface area contributed by atoms with Gasteiger partial charge in [-0.05, 0) is 38.0 Å². The van der Waals surface area contributed by atoms with Gasteiger partial charge in [0.1, 0.15) is 5.82 Å². The molecular formula is C23H24FN3OS. The van der Waals surface area contributed by atoms with Gasteiger partial charge in [-0.15, -0.1) is 11.3 Å². The lowest BCUT2D eigenvalue weighted by molar-refractivity contribution is -0.115. The summed E-state index contributed by atoms with van der Waals surface area (Å²) in [5.41, 5.74) is 3.58. The highest BCUT2D eigenvalue weighted by atomic mass is 32.1. The Morgan fingerprint density at radius 3 is 2.52 bits per heavy atom. The average Bonchev–Trinajstić information content (AvgIpc) is 3.45. The molecule has 1 fully saturated rings. The van der Waals surface area contributed by atoms with E-state index in [4.69, 9.17) is 4.98 Å². The Balaban J connectivity index is 1.53. The minimum absolute atomic E-state index is 0.0693. The van der Waals surface area contributed by atoms with Crippen molar-refractivity contribution in [1.29, 1.82) is 0 Å². The molecule has 0 unspecified atom stereocenters. The van der Waals surface area contributed by atoms with Gasteiger partial charge in [0.05, 0.1) is 11.4 Å². The number of aromatic nitrogens is 1. The van der Waals surface area contributed by atoms with Crippen molar-refractivity contribution in [2.24, 2.45) is 0 Å². The predicted molar refractivity (Wildman–Crippen MR) is 115 cm³/mol. The summed E-state index contributed by atoms with van der Waals surface area (Å²) in [7, 11) is 0. The molecule has 1 aromatic heterocycles. The minimum atomic E-state index is -0.167. The van der Waals surface area contributed by atoms with E-state index >= 15 is 0 Å². The van der Waals surface area contributed by atoms with Crippen LogP contribution in [0.4, 0.5) is 15.2 Å². The lowest BCUT2D eigenvalue weighted by Gasteiger charge is -2.21. The van der Waals surface area contributed by atoms with Gasteiger partial charge in [-0.25, -0.2) is 9.37 Å². The molecule has 0 bridgehead atoms. The first kappa shape index (κ1) is 19.7. The molecule has 4 rings (SSSR count). The molecule has 29 heavy (non-hydrogen) atoms. The first-order valence-electron chi connectivity index (χ1n) is 9.80. The van der Waals surface area contributed by atoms with Crippen LogP contribution in [0, 0.1) is 12.7 Å². The first-order valence-corrected chi connectivity index (χ1v) is 10.7. The van der Waals surface area contributed by atoms with Gasteiger partial charge in [0, 0.05) is 37.0 Å². The molecule has 1 aliphatic carbocycles. The van der Waals surface area contributed by atoms with E-state index in [1.807, 2.05) is 48.7 Å². The van der Waals surface area contributed by atoms with Crippen LogP contribution in [0.3, 0.4) is 0 Å². The van der Waals surface area contributed by atoms with Crippen molar-refractivity contribution < 1.29 is 9.18 Å². The van der Waals surface area contributed by atoms with Gasteiger partial charge in [-0.3, -0.25) is 14.6 Å². The number of halogens is 1. The zero-order valence-electron chi connectivity index (χ0n) is 16.6. The number of hydrogen-bond acceptors (Lipinski definition) is 4. The summed E-state index contributed by atoms with van der Waals surface area (Å²) < 4.78 is 14.1. The van der Waals surface area contributed by atoms with E-state index in [2.05, 4.69) is 4.90 Å². The quantitative estimate of drug-likeness (QED) is 0.521. The molecule has 0 N–H and O–H groups in total. The van der Waals surface area contributed by atoms with Crippen molar-refractivity contribution in [2.45, 2.75) is 45.8 Å². The summed E-state index contributed by atoms with van der Waals surface area (Å²) in [6, 6.07) is 15.3. The van der Waals surface area contributed by atoms with Crippen LogP contribution >= 0.6 is 11.3 Å². The highest BCUT2D eigenvalue weighted by molar-refractivity contribution is 7.14. The Bertz CT molecular complexity index is 997. The summed E-state index contributed by atoms with van der Waals surface area (Å²) in [5.74, 6) is -0.237. The van der Waals surface area contributed by atoms with Gasteiger partial charge >= 0.3 is 0 Å². The van der Waals surface area contributed by atoms with Crippen LogP contribution in [0.5, 0.6) is 0 Å². The molecule has 0 radical (unpaired) electrons. The van der Waals surface area contributed by atoms with Crippen molar-refractivity contribution in [3.8, 4) is 0 Å². The minimum Gasteiger partial charge on any atom is -0.290 e. The Morgan fingerprint density at radius 2 is 1.86 bits per heavy atom. The molecule has 1 aliphatic rings. The fourth-order valence-corrected chi connectivity index (χ4v) is 4.28. The summed E-state index contributed by atoms with van der Waals surface area (Å²) >= 11 is 1.46. The molecule has 0 atom stereocenters. The van der Waals surface area contributed by atoms with Gasteiger partial charge in [0.15, 0.2) is 5.13 Å². The highest BCUT2D eigenvalue weighted by Gasteiger charge is 2.30. The number of amides is 1. The second-order valence-corrected chi connectivity index (χ2v) is 8.38. The second kappa shape index (κ2) is 8.43. The summed E-state index contributed by atoms with van der Waals surface area (Å²) in [5, 5.41) is 2.66. The number of hydrogen-bond donors (Lipinski definition) is 0. The van der Waals surface area contributed by atoms with Crippen molar-refractivity contribution in [3.05, 3.63) is 76.5 Å². The van der Waals surface area contributed by atoms with E-state index in [1.165, 1.54) is 17.4 Å². The molecule has 6 heteroatoms. The van der Waals surface area contributed by atoms with E-state index in [-0.39, 0.29) is 11.7 Å². The van der Waals surface area contributed by atoms with Crippen LogP contribution in [-0.2, 0) is 17.9 Å². The molecule has 150 valence electrons. The lowest BCUT2D eigenvalue weighted by Crippen LogP contribution is -2.26. The molecule has 3 aromatic rings. The van der Waals surface area contributed by atoms with Crippen LogP contribution in [0.25, 0.3) is 0 Å². The van der Waals surface area contributed by atoms with Crippen molar-refractivity contribution >= 4 is 28.1 Å². The van der Waals surface area contributed by atoms with Crippen molar-refractivity contribution in [2.75, 3.05) is 4.90 Å². The van der Waals surface area contributed by atoms with Crippen molar-refractivity contribution in [1.82, 2.24) is 9.88 Å². The smallest absolute Gasteiger partial charge is 0.230 e. The molecule has 0 saturated heterocycles. The Morgan fingerprint density at radius 1 is 1.14 bits per heavy atom. The Kier molecular flexibility index (Phi) is 5.74. The number of anilines is 2. The normalized spacial score (nSPS) is 13.7. The van der Waals surface area contributed by atoms with Crippen LogP contribution < -0.4 is 4.90 Å². The summed E-state index contributed by atoms with van der Waals surface area (Å²) in [6.07, 6.45) is 2.27. The van der Waals surface area contributed by atoms with Gasteiger partial charge in [-0.1, -0.05) is 35.9 Å². The summed E-state index contributed by atoms with van der Waals surface area (Å²) in [6.45, 7) is 4.79. The number of benzene rings is 2. The Hall–Kier alpha value is -2.57. The molecule has 1 amide bonds. The maximum Gasteiger partial charge on any atom is 0.230 e. The fraction of sp³-hybridized carbons (Fsp3) is 0.304. The molecule has 4 nitrogen and oxygen atoms in total. The van der Waals surface area contributed by atoms with Gasteiger partial charge in [-0.2, -0.15) is 0 Å². The van der Waals surface area contributed by atoms with Crippen LogP contribution in [0.15, 0.2) is 53.9 Å². The van der Waals surface area contributed by atoms with Crippen molar-refractivity contribution in [3.63, 3.8) is 0 Å². The third kappa shape index (κ3) is 4.71. The maximum absolute atomic E-state index is 14.1. The number of thiazole rings is 1. The highest BCUT2D eigenvalue weighted by Crippen LogP contribution is 2.33. The van der Waals surface area contributed by atoms with Gasteiger partial charge < -0.3 is 0 Å². The molecule has 1 saturated carbocycles. The molecular weight excluding hydrogens is 385 g/mol. The topological polar surface area (TPSA) is 36.4 Å². The molecule has 0 aliphatic heterocycles. The summed E-state index contributed by atoms with van der Waals surface area (Å²) in [4.78, 5) is 21.0. The van der Waals surface area contributed by atoms with E-state index < -0.39 is 0 Å². The zero-order valence-corrected chi connectivity index (χ0v) is 17.5. The van der Waals surface area contributed by atoms with Crippen LogP contribution in [0.2, 0.25) is 0 Å². The third-order valence-electron chi connectivity index (χ3n) is 5.10. The lowest BCUT2D eigenvalue weighted by atomic mass is 10.2. The number of aryl methyl sites for hydroxylation is 1. The van der Waals surface area contributed by atoms with Gasteiger partial charge in [0.2, 0.25) is 5.91 Å². The third-order valence-corrected chi connectivity index (χ3v) is 5.97. The van der Waals surface area contributed by atoms with E-state index in [0.717, 1.165) is 29.8 Å². The van der Waals surface area contributed by atoms with Crippen LogP contribution in [0.1, 0.15) is 36.6 Å². The molecule has 1 heterocycles. The van der Waals surface area contributed by atoms with E-state index in [0.29, 0.717) is 29.8 Å². The second-order valence-electron chi connectivity index (χ2n) is 7.54. The first-order chi connectivity index (χ1) is 14.0. The predicted octanol–water partition coefficient (Wildman–Crippen LogP) is 5.44. The Labute approximate surface area is 174 Å². The zero-order chi connectivity index (χ0) is 20.4. The van der Waals surface area contributed by atoms with Gasteiger partial charge in [0.25, 0.3) is 0 Å². The van der Waals surface area contributed by atoms with E-state index in [1.54, 1.807) is 17.9 Å². The molecule has 0 spiro atoms. The molecule has 2 aromatic carbocycles. The number of rotatable bonds is 7. The number of carbonyl (C=O) groups excluding carboxylic acids is 1. The number of carbonyl (C=O) groups is 1. The number of nitrogens with zero attached hydrogens (tertiary/aromatic N) is 3. The fourth-order valence-electron chi connectivity index (χ4n) is 3.40.